The van der Waals surface area contributed by atoms with Crippen molar-refractivity contribution in [2.75, 3.05) is 13.0 Å². The summed E-state index contributed by atoms with van der Waals surface area (Å²) in [6, 6.07) is 0. The maximum Gasteiger partial charge on any atom is 0.327 e. The van der Waals surface area contributed by atoms with Crippen LogP contribution in [0.1, 0.15) is 6.42 Å². The molecule has 0 saturated heterocycles. The van der Waals surface area contributed by atoms with Crippen molar-refractivity contribution in [3.63, 3.8) is 0 Å². The molecule has 1 rings (SSSR count). The Bertz CT molecular complexity index is 160. The van der Waals surface area contributed by atoms with Gasteiger partial charge >= 0.3 is 5.97 Å². The molecule has 0 radical (unpaired) electrons. The number of carbonyl (C=O) groups is 1. The highest BCUT2D eigenvalue weighted by atomic mass is 35.5. The van der Waals surface area contributed by atoms with Crippen molar-refractivity contribution < 1.29 is 9.53 Å². The summed E-state index contributed by atoms with van der Waals surface area (Å²) in [6.07, 6.45) is 0.644. The van der Waals surface area contributed by atoms with Gasteiger partial charge in [-0.1, -0.05) is 0 Å². The molecule has 1 aliphatic carbocycles. The van der Waals surface area contributed by atoms with E-state index in [2.05, 4.69) is 4.74 Å². The third-order valence-corrected chi connectivity index (χ3v) is 2.73. The lowest BCUT2D eigenvalue weighted by molar-refractivity contribution is -0.141. The van der Waals surface area contributed by atoms with Gasteiger partial charge in [0.05, 0.1) is 7.11 Å². The molecule has 4 heteroatoms. The van der Waals surface area contributed by atoms with Crippen molar-refractivity contribution in [3.05, 3.63) is 0 Å². The smallest absolute Gasteiger partial charge is 0.327 e. The highest BCUT2D eigenvalue weighted by molar-refractivity contribution is 6.37. The fourth-order valence-corrected chi connectivity index (χ4v) is 1.69. The van der Waals surface area contributed by atoms with Crippen LogP contribution < -0.4 is 0 Å². The minimum Gasteiger partial charge on any atom is -0.468 e. The van der Waals surface area contributed by atoms with Gasteiger partial charge in [-0.15, -0.1) is 23.2 Å². The molecule has 0 aliphatic heterocycles. The van der Waals surface area contributed by atoms with Crippen LogP contribution in [0.5, 0.6) is 0 Å². The summed E-state index contributed by atoms with van der Waals surface area (Å²) in [5, 5.41) is 0. The fourth-order valence-electron chi connectivity index (χ4n) is 0.896. The second-order valence-corrected chi connectivity index (χ2v) is 3.39. The molecule has 2 atom stereocenters. The average molecular weight is 183 g/mol. The quantitative estimate of drug-likeness (QED) is 0.477. The van der Waals surface area contributed by atoms with Crippen molar-refractivity contribution in [2.45, 2.75) is 11.3 Å². The van der Waals surface area contributed by atoms with E-state index < -0.39 is 4.87 Å². The number of alkyl halides is 2. The first-order chi connectivity index (χ1) is 4.65. The topological polar surface area (TPSA) is 26.3 Å². The first kappa shape index (κ1) is 8.15. The molecule has 58 valence electrons. The zero-order valence-corrected chi connectivity index (χ0v) is 7.08. The van der Waals surface area contributed by atoms with Gasteiger partial charge in [0, 0.05) is 11.8 Å². The van der Waals surface area contributed by atoms with Crippen molar-refractivity contribution in [1.82, 2.24) is 0 Å². The number of hydrogen-bond donors (Lipinski definition) is 0. The van der Waals surface area contributed by atoms with E-state index in [1.165, 1.54) is 7.11 Å². The van der Waals surface area contributed by atoms with E-state index in [1.54, 1.807) is 0 Å². The number of ether oxygens (including phenoxy) is 1. The third-order valence-electron chi connectivity index (χ3n) is 1.74. The number of methoxy groups -OCH3 is 1. The Labute approximate surface area is 69.4 Å². The van der Waals surface area contributed by atoms with Crippen LogP contribution in [0.4, 0.5) is 0 Å². The largest absolute Gasteiger partial charge is 0.468 e. The maximum absolute atomic E-state index is 10.9. The summed E-state index contributed by atoms with van der Waals surface area (Å²) in [6.45, 7) is 0. The molecule has 0 unspecified atom stereocenters. The lowest BCUT2D eigenvalue weighted by Gasteiger charge is -2.03. The van der Waals surface area contributed by atoms with Crippen molar-refractivity contribution in [2.24, 2.45) is 5.92 Å². The monoisotopic (exact) mass is 182 g/mol. The van der Waals surface area contributed by atoms with Gasteiger partial charge < -0.3 is 4.74 Å². The zero-order chi connectivity index (χ0) is 7.78. The van der Waals surface area contributed by atoms with E-state index in [-0.39, 0.29) is 11.9 Å². The molecule has 1 fully saturated rings. The van der Waals surface area contributed by atoms with E-state index >= 15 is 0 Å². The van der Waals surface area contributed by atoms with Gasteiger partial charge in [-0.25, -0.2) is 0 Å². The minimum atomic E-state index is -0.795. The van der Waals surface area contributed by atoms with Gasteiger partial charge in [0.25, 0.3) is 0 Å². The van der Waals surface area contributed by atoms with Crippen molar-refractivity contribution in [1.29, 1.82) is 0 Å². The first-order valence-corrected chi connectivity index (χ1v) is 3.89. The van der Waals surface area contributed by atoms with Crippen LogP contribution in [-0.2, 0) is 9.53 Å². The lowest BCUT2D eigenvalue weighted by Crippen LogP contribution is -2.20. The third kappa shape index (κ3) is 1.10. The van der Waals surface area contributed by atoms with Crippen LogP contribution in [0.2, 0.25) is 0 Å². The number of hydrogen-bond acceptors (Lipinski definition) is 2. The van der Waals surface area contributed by atoms with E-state index in [1.807, 2.05) is 0 Å². The second-order valence-electron chi connectivity index (χ2n) is 2.41. The molecule has 0 aromatic carbocycles. The Balaban J connectivity index is 2.50. The van der Waals surface area contributed by atoms with Crippen LogP contribution in [0.25, 0.3) is 0 Å². The second kappa shape index (κ2) is 2.59. The molecule has 1 saturated carbocycles. The Hall–Kier alpha value is 0.0500. The van der Waals surface area contributed by atoms with Crippen LogP contribution >= 0.6 is 23.2 Å². The van der Waals surface area contributed by atoms with Crippen LogP contribution in [-0.4, -0.2) is 23.8 Å². The predicted octanol–water partition coefficient (Wildman–Crippen LogP) is 1.40. The highest BCUT2D eigenvalue weighted by Gasteiger charge is 2.59. The summed E-state index contributed by atoms with van der Waals surface area (Å²) in [5.41, 5.74) is 0. The molecule has 0 amide bonds. The SMILES string of the molecule is COC(=O)[C@@]1(Cl)C[C@@H]1CCl. The summed E-state index contributed by atoms with van der Waals surface area (Å²) >= 11 is 11.3. The van der Waals surface area contributed by atoms with Gasteiger partial charge in [0.15, 0.2) is 0 Å². The summed E-state index contributed by atoms with van der Waals surface area (Å²) in [7, 11) is 1.33. The Kier molecular flexibility index (Phi) is 2.11. The lowest BCUT2D eigenvalue weighted by atomic mass is 10.3. The summed E-state index contributed by atoms with van der Waals surface area (Å²) in [5.74, 6) is 0.168. The summed E-state index contributed by atoms with van der Waals surface area (Å²) in [4.78, 5) is 10.1. The normalized spacial score (nSPS) is 37.3. The minimum absolute atomic E-state index is 0.100. The molecule has 0 aromatic rings. The van der Waals surface area contributed by atoms with Gasteiger partial charge in [-0.2, -0.15) is 0 Å². The van der Waals surface area contributed by atoms with E-state index in [0.29, 0.717) is 12.3 Å². The van der Waals surface area contributed by atoms with E-state index in [9.17, 15) is 4.79 Å². The molecule has 1 aliphatic rings. The molecule has 0 bridgehead atoms. The molecule has 0 aromatic heterocycles. The molecule has 2 nitrogen and oxygen atoms in total. The summed E-state index contributed by atoms with van der Waals surface area (Å²) < 4.78 is 4.48. The van der Waals surface area contributed by atoms with Gasteiger partial charge in [0.2, 0.25) is 0 Å². The van der Waals surface area contributed by atoms with Gasteiger partial charge in [-0.05, 0) is 6.42 Å². The van der Waals surface area contributed by atoms with Crippen LogP contribution in [0.15, 0.2) is 0 Å². The zero-order valence-electron chi connectivity index (χ0n) is 5.56. The van der Waals surface area contributed by atoms with E-state index in [0.717, 1.165) is 0 Å². The fraction of sp³-hybridized carbons (Fsp3) is 0.833. The van der Waals surface area contributed by atoms with Crippen molar-refractivity contribution >= 4 is 29.2 Å². The average Bonchev–Trinajstić information content (AvgIpc) is 2.61. The van der Waals surface area contributed by atoms with E-state index in [4.69, 9.17) is 23.2 Å². The van der Waals surface area contributed by atoms with Crippen LogP contribution in [0, 0.1) is 5.92 Å². The highest BCUT2D eigenvalue weighted by Crippen LogP contribution is 2.50. The maximum atomic E-state index is 10.9. The van der Waals surface area contributed by atoms with Crippen molar-refractivity contribution in [3.8, 4) is 0 Å². The number of halogens is 2. The standard InChI is InChI=1S/C6H8Cl2O2/c1-10-5(9)6(8)2-4(6)3-7/h4H,2-3H2,1H3/t4-,6-/m1/s1. The first-order valence-electron chi connectivity index (χ1n) is 2.98. The number of esters is 1. The Morgan fingerprint density at radius 3 is 2.80 bits per heavy atom. The Morgan fingerprint density at radius 2 is 2.50 bits per heavy atom. The van der Waals surface area contributed by atoms with Crippen LogP contribution in [0.3, 0.4) is 0 Å². The molecule has 10 heavy (non-hydrogen) atoms. The Morgan fingerprint density at radius 1 is 1.90 bits per heavy atom. The number of rotatable bonds is 2. The molecule has 0 heterocycles. The van der Waals surface area contributed by atoms with Gasteiger partial charge in [0.1, 0.15) is 4.87 Å². The molecular weight excluding hydrogens is 175 g/mol. The molecule has 0 spiro atoms. The van der Waals surface area contributed by atoms with Gasteiger partial charge in [-0.3, -0.25) is 4.79 Å². The molecule has 0 N–H and O–H groups in total. The molecular formula is C6H8Cl2O2. The number of carbonyl (C=O) groups excluding carboxylic acids is 1. The predicted molar refractivity (Wildman–Crippen MR) is 39.4 cm³/mol.